The summed E-state index contributed by atoms with van der Waals surface area (Å²) in [6, 6.07) is 0. The van der Waals surface area contributed by atoms with Crippen molar-refractivity contribution in [1.29, 1.82) is 0 Å². The second-order valence-corrected chi connectivity index (χ2v) is 4.14. The number of amides is 1. The molecule has 1 aliphatic rings. The van der Waals surface area contributed by atoms with Crippen LogP contribution in [0.2, 0.25) is 0 Å². The Kier molecular flexibility index (Phi) is 3.84. The molecule has 7 nitrogen and oxygen atoms in total. The van der Waals surface area contributed by atoms with Crippen LogP contribution in [0.1, 0.15) is 12.1 Å². The van der Waals surface area contributed by atoms with Gasteiger partial charge in [0.05, 0.1) is 18.3 Å². The van der Waals surface area contributed by atoms with Gasteiger partial charge in [-0.25, -0.2) is 14.7 Å². The number of carboxylic acids is 1. The summed E-state index contributed by atoms with van der Waals surface area (Å²) in [5.41, 5.74) is 0.587. The van der Waals surface area contributed by atoms with Crippen molar-refractivity contribution < 1.29 is 19.4 Å². The van der Waals surface area contributed by atoms with Gasteiger partial charge in [-0.2, -0.15) is 0 Å². The van der Waals surface area contributed by atoms with Crippen molar-refractivity contribution in [2.24, 2.45) is 0 Å². The van der Waals surface area contributed by atoms with E-state index in [1.165, 1.54) is 17.2 Å². The SMILES string of the molecule is C=CCOC(=O)N1CCCn2c(CC(=O)O)cnc21. The zero-order valence-electron chi connectivity index (χ0n) is 10.4. The van der Waals surface area contributed by atoms with Crippen LogP contribution in [0.4, 0.5) is 10.7 Å². The van der Waals surface area contributed by atoms with E-state index in [0.717, 1.165) is 6.42 Å². The van der Waals surface area contributed by atoms with Crippen molar-refractivity contribution in [3.8, 4) is 0 Å². The third-order valence-electron chi connectivity index (χ3n) is 2.80. The molecule has 0 fully saturated rings. The van der Waals surface area contributed by atoms with E-state index >= 15 is 0 Å². The highest BCUT2D eigenvalue weighted by molar-refractivity contribution is 5.86. The molecular formula is C12H15N3O4. The van der Waals surface area contributed by atoms with Crippen LogP contribution < -0.4 is 4.90 Å². The molecule has 2 rings (SSSR count). The number of nitrogens with zero attached hydrogens (tertiary/aromatic N) is 3. The Morgan fingerprint density at radius 1 is 1.53 bits per heavy atom. The molecule has 0 atom stereocenters. The average molecular weight is 265 g/mol. The highest BCUT2D eigenvalue weighted by Crippen LogP contribution is 2.22. The molecule has 1 amide bonds. The molecule has 19 heavy (non-hydrogen) atoms. The van der Waals surface area contributed by atoms with Crippen molar-refractivity contribution in [3.05, 3.63) is 24.5 Å². The Balaban J connectivity index is 2.20. The first-order valence-corrected chi connectivity index (χ1v) is 5.95. The highest BCUT2D eigenvalue weighted by atomic mass is 16.6. The Morgan fingerprint density at radius 2 is 2.32 bits per heavy atom. The smallest absolute Gasteiger partial charge is 0.416 e. The van der Waals surface area contributed by atoms with Crippen molar-refractivity contribution in [2.45, 2.75) is 19.4 Å². The van der Waals surface area contributed by atoms with Gasteiger partial charge in [-0.3, -0.25) is 4.79 Å². The third-order valence-corrected chi connectivity index (χ3v) is 2.80. The predicted molar refractivity (Wildman–Crippen MR) is 67.1 cm³/mol. The van der Waals surface area contributed by atoms with Gasteiger partial charge >= 0.3 is 12.1 Å². The molecule has 1 aliphatic heterocycles. The lowest BCUT2D eigenvalue weighted by Crippen LogP contribution is -2.38. The number of ether oxygens (including phenoxy) is 1. The Bertz CT molecular complexity index is 509. The van der Waals surface area contributed by atoms with Crippen LogP contribution in [0.15, 0.2) is 18.9 Å². The number of hydrogen-bond donors (Lipinski definition) is 1. The first-order valence-electron chi connectivity index (χ1n) is 5.95. The summed E-state index contributed by atoms with van der Waals surface area (Å²) >= 11 is 0. The average Bonchev–Trinajstić information content (AvgIpc) is 2.78. The molecule has 1 aromatic heterocycles. The lowest BCUT2D eigenvalue weighted by Gasteiger charge is -2.27. The fourth-order valence-electron chi connectivity index (χ4n) is 2.02. The van der Waals surface area contributed by atoms with Gasteiger partial charge in [0.25, 0.3) is 0 Å². The van der Waals surface area contributed by atoms with E-state index in [2.05, 4.69) is 11.6 Å². The summed E-state index contributed by atoms with van der Waals surface area (Å²) in [6.45, 7) is 4.78. The predicted octanol–water partition coefficient (Wildman–Crippen LogP) is 1.04. The Morgan fingerprint density at radius 3 is 3.00 bits per heavy atom. The molecule has 2 heterocycles. The number of rotatable bonds is 4. The van der Waals surface area contributed by atoms with E-state index in [-0.39, 0.29) is 13.0 Å². The number of carbonyl (C=O) groups is 2. The fourth-order valence-corrected chi connectivity index (χ4v) is 2.02. The largest absolute Gasteiger partial charge is 0.481 e. The molecule has 102 valence electrons. The lowest BCUT2D eigenvalue weighted by atomic mass is 10.3. The maximum atomic E-state index is 11.8. The Labute approximate surface area is 110 Å². The van der Waals surface area contributed by atoms with Gasteiger partial charge in [0.2, 0.25) is 5.95 Å². The van der Waals surface area contributed by atoms with E-state index in [1.807, 2.05) is 0 Å². The lowest BCUT2D eigenvalue weighted by molar-refractivity contribution is -0.136. The molecule has 0 spiro atoms. The summed E-state index contributed by atoms with van der Waals surface area (Å²) in [4.78, 5) is 28.1. The zero-order chi connectivity index (χ0) is 13.8. The number of aliphatic carboxylic acids is 1. The van der Waals surface area contributed by atoms with Crippen molar-refractivity contribution >= 4 is 18.0 Å². The minimum absolute atomic E-state index is 0.109. The third kappa shape index (κ3) is 2.75. The van der Waals surface area contributed by atoms with Crippen molar-refractivity contribution in [3.63, 3.8) is 0 Å². The highest BCUT2D eigenvalue weighted by Gasteiger charge is 2.27. The number of anilines is 1. The zero-order valence-corrected chi connectivity index (χ0v) is 10.4. The second-order valence-electron chi connectivity index (χ2n) is 4.14. The number of hydrogen-bond acceptors (Lipinski definition) is 4. The standard InChI is InChI=1S/C12H15N3O4/c1-2-6-19-12(18)15-5-3-4-14-9(7-10(16)17)8-13-11(14)15/h2,8H,1,3-7H2,(H,16,17). The monoisotopic (exact) mass is 265 g/mol. The van der Waals surface area contributed by atoms with Gasteiger partial charge < -0.3 is 14.4 Å². The van der Waals surface area contributed by atoms with Crippen LogP contribution in [-0.2, 0) is 22.5 Å². The number of imidazole rings is 1. The molecular weight excluding hydrogens is 250 g/mol. The topological polar surface area (TPSA) is 84.7 Å². The van der Waals surface area contributed by atoms with Crippen LogP contribution in [0.3, 0.4) is 0 Å². The van der Waals surface area contributed by atoms with Crippen LogP contribution in [0, 0.1) is 0 Å². The van der Waals surface area contributed by atoms with Gasteiger partial charge in [-0.15, -0.1) is 0 Å². The summed E-state index contributed by atoms with van der Waals surface area (Å²) in [7, 11) is 0. The summed E-state index contributed by atoms with van der Waals surface area (Å²) in [6.07, 6.45) is 3.11. The van der Waals surface area contributed by atoms with Gasteiger partial charge in [0.1, 0.15) is 6.61 Å². The summed E-state index contributed by atoms with van der Waals surface area (Å²) < 4.78 is 6.72. The number of carboxylic acid groups (broad SMARTS) is 1. The molecule has 0 saturated heterocycles. The molecule has 7 heteroatoms. The van der Waals surface area contributed by atoms with Gasteiger partial charge in [-0.1, -0.05) is 12.7 Å². The maximum absolute atomic E-state index is 11.8. The molecule has 0 bridgehead atoms. The van der Waals surface area contributed by atoms with Crippen molar-refractivity contribution in [2.75, 3.05) is 18.1 Å². The normalized spacial score (nSPS) is 13.8. The van der Waals surface area contributed by atoms with Gasteiger partial charge in [0, 0.05) is 13.1 Å². The van der Waals surface area contributed by atoms with E-state index in [0.29, 0.717) is 24.7 Å². The molecule has 1 N–H and O–H groups in total. The van der Waals surface area contributed by atoms with Crippen LogP contribution in [0.5, 0.6) is 0 Å². The molecule has 0 aromatic carbocycles. The maximum Gasteiger partial charge on any atom is 0.416 e. The second kappa shape index (κ2) is 5.55. The van der Waals surface area contributed by atoms with Gasteiger partial charge in [0.15, 0.2) is 0 Å². The fraction of sp³-hybridized carbons (Fsp3) is 0.417. The van der Waals surface area contributed by atoms with Crippen LogP contribution in [0.25, 0.3) is 0 Å². The number of carbonyl (C=O) groups excluding carboxylic acids is 1. The van der Waals surface area contributed by atoms with Gasteiger partial charge in [-0.05, 0) is 6.42 Å². The van der Waals surface area contributed by atoms with E-state index in [9.17, 15) is 9.59 Å². The van der Waals surface area contributed by atoms with E-state index in [4.69, 9.17) is 9.84 Å². The minimum atomic E-state index is -0.922. The van der Waals surface area contributed by atoms with Crippen molar-refractivity contribution in [1.82, 2.24) is 9.55 Å². The first kappa shape index (κ1) is 13.1. The number of fused-ring (bicyclic) bond motifs is 1. The molecule has 0 aliphatic carbocycles. The molecule has 0 saturated carbocycles. The summed E-state index contributed by atoms with van der Waals surface area (Å²) in [5.74, 6) is -0.481. The summed E-state index contributed by atoms with van der Waals surface area (Å²) in [5, 5.41) is 8.82. The molecule has 1 aromatic rings. The Hall–Kier alpha value is -2.31. The molecule has 0 radical (unpaired) electrons. The number of aromatic nitrogens is 2. The minimum Gasteiger partial charge on any atom is -0.481 e. The quantitative estimate of drug-likeness (QED) is 0.822. The molecule has 0 unspecified atom stereocenters. The van der Waals surface area contributed by atoms with E-state index < -0.39 is 12.1 Å². The van der Waals surface area contributed by atoms with Crippen LogP contribution >= 0.6 is 0 Å². The first-order chi connectivity index (χ1) is 9.13. The van der Waals surface area contributed by atoms with E-state index in [1.54, 1.807) is 4.57 Å². The van der Waals surface area contributed by atoms with Crippen LogP contribution in [-0.4, -0.2) is 39.9 Å².